The first kappa shape index (κ1) is 11.4. The minimum Gasteiger partial charge on any atom is -0.384 e. The normalized spacial score (nSPS) is 10.5. The SMILES string of the molecule is CCc1nccn1-c1ccc(C(=N)N)c(C)c1. The first-order valence-electron chi connectivity index (χ1n) is 5.61. The summed E-state index contributed by atoms with van der Waals surface area (Å²) >= 11 is 0. The molecule has 3 N–H and O–H groups in total. The van der Waals surface area contributed by atoms with Crippen LogP contribution in [-0.2, 0) is 6.42 Å². The molecule has 2 aromatic rings. The Bertz CT molecular complexity index is 554. The monoisotopic (exact) mass is 228 g/mol. The molecule has 0 aliphatic heterocycles. The number of aryl methyl sites for hydroxylation is 2. The van der Waals surface area contributed by atoms with E-state index in [9.17, 15) is 0 Å². The van der Waals surface area contributed by atoms with Crippen molar-refractivity contribution in [1.82, 2.24) is 9.55 Å². The number of hydrogen-bond donors (Lipinski definition) is 2. The third-order valence-electron chi connectivity index (χ3n) is 2.81. The number of nitrogens with zero attached hydrogens (tertiary/aromatic N) is 2. The van der Waals surface area contributed by atoms with Gasteiger partial charge in [-0.1, -0.05) is 6.92 Å². The summed E-state index contributed by atoms with van der Waals surface area (Å²) < 4.78 is 2.05. The average Bonchev–Trinajstić information content (AvgIpc) is 2.76. The highest BCUT2D eigenvalue weighted by Crippen LogP contribution is 2.16. The summed E-state index contributed by atoms with van der Waals surface area (Å²) in [6.07, 6.45) is 4.63. The van der Waals surface area contributed by atoms with E-state index < -0.39 is 0 Å². The number of benzene rings is 1. The molecule has 1 aromatic carbocycles. The van der Waals surface area contributed by atoms with Gasteiger partial charge in [0.15, 0.2) is 0 Å². The summed E-state index contributed by atoms with van der Waals surface area (Å²) in [7, 11) is 0. The van der Waals surface area contributed by atoms with Gasteiger partial charge in [0.05, 0.1) is 0 Å². The molecular weight excluding hydrogens is 212 g/mol. The van der Waals surface area contributed by atoms with Gasteiger partial charge in [0.25, 0.3) is 0 Å². The zero-order valence-electron chi connectivity index (χ0n) is 10.1. The summed E-state index contributed by atoms with van der Waals surface area (Å²) in [6, 6.07) is 5.87. The largest absolute Gasteiger partial charge is 0.384 e. The van der Waals surface area contributed by atoms with Crippen molar-refractivity contribution >= 4 is 5.84 Å². The van der Waals surface area contributed by atoms with Crippen LogP contribution in [-0.4, -0.2) is 15.4 Å². The number of nitrogens with two attached hydrogens (primary N) is 1. The van der Waals surface area contributed by atoms with Crippen molar-refractivity contribution in [2.75, 3.05) is 0 Å². The van der Waals surface area contributed by atoms with Crippen molar-refractivity contribution < 1.29 is 0 Å². The van der Waals surface area contributed by atoms with Gasteiger partial charge in [-0.2, -0.15) is 0 Å². The fraction of sp³-hybridized carbons (Fsp3) is 0.231. The van der Waals surface area contributed by atoms with Crippen molar-refractivity contribution in [1.29, 1.82) is 5.41 Å². The van der Waals surface area contributed by atoms with E-state index in [0.29, 0.717) is 0 Å². The van der Waals surface area contributed by atoms with Crippen LogP contribution in [0.5, 0.6) is 0 Å². The smallest absolute Gasteiger partial charge is 0.123 e. The Morgan fingerprint density at radius 3 is 2.82 bits per heavy atom. The number of hydrogen-bond acceptors (Lipinski definition) is 2. The molecule has 88 valence electrons. The molecule has 0 bridgehead atoms. The van der Waals surface area contributed by atoms with Gasteiger partial charge >= 0.3 is 0 Å². The van der Waals surface area contributed by atoms with Gasteiger partial charge < -0.3 is 10.3 Å². The van der Waals surface area contributed by atoms with E-state index in [0.717, 1.165) is 29.1 Å². The number of aromatic nitrogens is 2. The Balaban J connectivity index is 2.48. The molecule has 1 aromatic heterocycles. The average molecular weight is 228 g/mol. The van der Waals surface area contributed by atoms with E-state index in [1.165, 1.54) is 0 Å². The van der Waals surface area contributed by atoms with Crippen molar-refractivity contribution in [2.24, 2.45) is 5.73 Å². The lowest BCUT2D eigenvalue weighted by Crippen LogP contribution is -2.13. The van der Waals surface area contributed by atoms with Gasteiger partial charge in [0.2, 0.25) is 0 Å². The maximum Gasteiger partial charge on any atom is 0.123 e. The van der Waals surface area contributed by atoms with Gasteiger partial charge in [0.1, 0.15) is 11.7 Å². The molecule has 0 fully saturated rings. The number of nitrogen functional groups attached to an aromatic ring is 1. The summed E-state index contributed by atoms with van der Waals surface area (Å²) in [6.45, 7) is 4.04. The van der Waals surface area contributed by atoms with Gasteiger partial charge in [-0.3, -0.25) is 5.41 Å². The highest BCUT2D eigenvalue weighted by Gasteiger charge is 2.06. The van der Waals surface area contributed by atoms with Crippen molar-refractivity contribution in [3.05, 3.63) is 47.5 Å². The van der Waals surface area contributed by atoms with Gasteiger partial charge in [-0.15, -0.1) is 0 Å². The molecule has 0 atom stereocenters. The zero-order valence-corrected chi connectivity index (χ0v) is 10.1. The van der Waals surface area contributed by atoms with Crippen LogP contribution < -0.4 is 5.73 Å². The minimum absolute atomic E-state index is 0.107. The quantitative estimate of drug-likeness (QED) is 0.623. The second-order valence-corrected chi connectivity index (χ2v) is 3.98. The third-order valence-corrected chi connectivity index (χ3v) is 2.81. The van der Waals surface area contributed by atoms with Crippen molar-refractivity contribution in [3.63, 3.8) is 0 Å². The molecule has 0 saturated heterocycles. The molecule has 0 saturated carbocycles. The number of amidine groups is 1. The minimum atomic E-state index is 0.107. The molecule has 0 aliphatic carbocycles. The van der Waals surface area contributed by atoms with Crippen LogP contribution >= 0.6 is 0 Å². The standard InChI is InChI=1S/C13H16N4/c1-3-12-16-6-7-17(12)10-4-5-11(13(14)15)9(2)8-10/h4-8H,3H2,1-2H3,(H3,14,15). The second-order valence-electron chi connectivity index (χ2n) is 3.98. The van der Waals surface area contributed by atoms with Gasteiger partial charge in [0, 0.05) is 30.1 Å². The van der Waals surface area contributed by atoms with Crippen LogP contribution in [0.4, 0.5) is 0 Å². The zero-order chi connectivity index (χ0) is 12.4. The Hall–Kier alpha value is -2.10. The fourth-order valence-corrected chi connectivity index (χ4v) is 1.93. The number of nitrogens with one attached hydrogen (secondary N) is 1. The van der Waals surface area contributed by atoms with E-state index in [-0.39, 0.29) is 5.84 Å². The molecule has 2 rings (SSSR count). The second kappa shape index (κ2) is 4.41. The van der Waals surface area contributed by atoms with Gasteiger partial charge in [-0.25, -0.2) is 4.98 Å². The van der Waals surface area contributed by atoms with Crippen molar-refractivity contribution in [2.45, 2.75) is 20.3 Å². The van der Waals surface area contributed by atoms with Crippen LogP contribution in [0.25, 0.3) is 5.69 Å². The van der Waals surface area contributed by atoms with E-state index in [1.807, 2.05) is 31.3 Å². The maximum atomic E-state index is 7.46. The summed E-state index contributed by atoms with van der Waals surface area (Å²) in [4.78, 5) is 4.29. The molecular formula is C13H16N4. The highest BCUT2D eigenvalue weighted by molar-refractivity contribution is 5.96. The van der Waals surface area contributed by atoms with E-state index in [2.05, 4.69) is 16.5 Å². The molecule has 17 heavy (non-hydrogen) atoms. The summed E-state index contributed by atoms with van der Waals surface area (Å²) in [5.74, 6) is 1.13. The van der Waals surface area contributed by atoms with Crippen LogP contribution in [0.15, 0.2) is 30.6 Å². The topological polar surface area (TPSA) is 67.7 Å². The Morgan fingerprint density at radius 2 is 2.24 bits per heavy atom. The maximum absolute atomic E-state index is 7.46. The lowest BCUT2D eigenvalue weighted by atomic mass is 10.1. The number of rotatable bonds is 3. The third kappa shape index (κ3) is 2.06. The Labute approximate surface area is 101 Å². The summed E-state index contributed by atoms with van der Waals surface area (Å²) in [5, 5.41) is 7.46. The van der Waals surface area contributed by atoms with Crippen molar-refractivity contribution in [3.8, 4) is 5.69 Å². The molecule has 4 nitrogen and oxygen atoms in total. The van der Waals surface area contributed by atoms with Crippen LogP contribution in [0.2, 0.25) is 0 Å². The van der Waals surface area contributed by atoms with Gasteiger partial charge in [-0.05, 0) is 30.7 Å². The first-order chi connectivity index (χ1) is 8.13. The summed E-state index contributed by atoms with van der Waals surface area (Å²) in [5.41, 5.74) is 8.35. The Morgan fingerprint density at radius 1 is 1.47 bits per heavy atom. The van der Waals surface area contributed by atoms with Crippen LogP contribution in [0.3, 0.4) is 0 Å². The molecule has 0 radical (unpaired) electrons. The Kier molecular flexibility index (Phi) is 2.95. The first-order valence-corrected chi connectivity index (χ1v) is 5.61. The molecule has 1 heterocycles. The predicted molar refractivity (Wildman–Crippen MR) is 68.7 cm³/mol. The fourth-order valence-electron chi connectivity index (χ4n) is 1.93. The van der Waals surface area contributed by atoms with E-state index >= 15 is 0 Å². The molecule has 0 spiro atoms. The van der Waals surface area contributed by atoms with Crippen LogP contribution in [0.1, 0.15) is 23.9 Å². The lowest BCUT2D eigenvalue weighted by molar-refractivity contribution is 0.890. The van der Waals surface area contributed by atoms with E-state index in [4.69, 9.17) is 11.1 Å². The molecule has 4 heteroatoms. The van der Waals surface area contributed by atoms with Crippen LogP contribution in [0, 0.1) is 12.3 Å². The molecule has 0 amide bonds. The molecule has 0 unspecified atom stereocenters. The van der Waals surface area contributed by atoms with E-state index in [1.54, 1.807) is 6.20 Å². The highest BCUT2D eigenvalue weighted by atomic mass is 15.1. The lowest BCUT2D eigenvalue weighted by Gasteiger charge is -2.10. The number of imidazole rings is 1. The molecule has 0 aliphatic rings. The predicted octanol–water partition coefficient (Wildman–Crippen LogP) is 2.03.